The summed E-state index contributed by atoms with van der Waals surface area (Å²) in [5.74, 6) is -0.292. The van der Waals surface area contributed by atoms with Crippen molar-refractivity contribution < 1.29 is 50.9 Å². The van der Waals surface area contributed by atoms with Gasteiger partial charge in [-0.3, -0.25) is 9.59 Å². The third kappa shape index (κ3) is 8.62. The van der Waals surface area contributed by atoms with Crippen LogP contribution in [0.2, 0.25) is 0 Å². The minimum absolute atomic E-state index is 0.00445. The number of benzene rings is 2. The molecule has 2 fully saturated rings. The van der Waals surface area contributed by atoms with Gasteiger partial charge in [-0.05, 0) is 156 Å². The maximum Gasteiger partial charge on any atom is 0.335 e. The molecule has 1 amide bonds. The molecule has 4 heterocycles. The number of nitrogens with zero attached hydrogens (tertiary/aromatic N) is 3. The second-order valence-electron chi connectivity index (χ2n) is 16.6. The van der Waals surface area contributed by atoms with Gasteiger partial charge in [-0.15, -0.1) is 0 Å². The fourth-order valence-electron chi connectivity index (χ4n) is 10.1. The van der Waals surface area contributed by atoms with E-state index >= 15 is 0 Å². The van der Waals surface area contributed by atoms with Gasteiger partial charge in [0.15, 0.2) is 0 Å². The molecule has 326 valence electrons. The van der Waals surface area contributed by atoms with E-state index in [9.17, 15) is 36.3 Å². The number of carboxylic acid groups (broad SMARTS) is 2. The highest BCUT2D eigenvalue weighted by molar-refractivity contribution is 7.90. The summed E-state index contributed by atoms with van der Waals surface area (Å²) in [4.78, 5) is 36.9. The molecule has 2 N–H and O–H groups in total. The Morgan fingerprint density at radius 3 is 1.48 bits per heavy atom. The van der Waals surface area contributed by atoms with Crippen molar-refractivity contribution in [1.29, 1.82) is 0 Å². The Balaban J connectivity index is 0.000000185. The van der Waals surface area contributed by atoms with Crippen LogP contribution >= 0.6 is 0 Å². The minimum atomic E-state index is -3.51. The van der Waals surface area contributed by atoms with Gasteiger partial charge in [-0.25, -0.2) is 29.6 Å². The molecular weight excluding hydrogens is 811 g/mol. The molecule has 0 spiro atoms. The van der Waals surface area contributed by atoms with Crippen molar-refractivity contribution >= 4 is 59.7 Å². The van der Waals surface area contributed by atoms with Crippen LogP contribution in [0.25, 0.3) is 21.8 Å². The van der Waals surface area contributed by atoms with Gasteiger partial charge in [0.1, 0.15) is 6.54 Å². The van der Waals surface area contributed by atoms with Crippen molar-refractivity contribution in [3.8, 4) is 0 Å². The van der Waals surface area contributed by atoms with Crippen LogP contribution in [0.15, 0.2) is 36.4 Å². The quantitative estimate of drug-likeness (QED) is 0.180. The number of rotatable bonds is 11. The number of carbonyl (C=O) groups is 3. The van der Waals surface area contributed by atoms with Crippen molar-refractivity contribution in [2.24, 2.45) is 23.7 Å². The van der Waals surface area contributed by atoms with E-state index in [0.717, 1.165) is 111 Å². The zero-order valence-electron chi connectivity index (χ0n) is 34.7. The topological polar surface area (TPSA) is 192 Å². The van der Waals surface area contributed by atoms with Crippen molar-refractivity contribution in [1.82, 2.24) is 12.8 Å². The molecule has 14 nitrogen and oxygen atoms in total. The number of hydrogen-bond acceptors (Lipinski definition) is 9. The number of aliphatic carboxylic acids is 1. The van der Waals surface area contributed by atoms with E-state index in [2.05, 4.69) is 0 Å². The van der Waals surface area contributed by atoms with E-state index in [1.165, 1.54) is 18.9 Å². The van der Waals surface area contributed by atoms with Gasteiger partial charge >= 0.3 is 11.9 Å². The first-order valence-corrected chi connectivity index (χ1v) is 24.6. The lowest BCUT2D eigenvalue weighted by Gasteiger charge is -2.33. The predicted octanol–water partition coefficient (Wildman–Crippen LogP) is 5.99. The predicted molar refractivity (Wildman–Crippen MR) is 228 cm³/mol. The van der Waals surface area contributed by atoms with E-state index in [1.807, 2.05) is 0 Å². The van der Waals surface area contributed by atoms with Gasteiger partial charge < -0.3 is 24.6 Å². The lowest BCUT2D eigenvalue weighted by Crippen LogP contribution is -2.35. The van der Waals surface area contributed by atoms with E-state index < -0.39 is 32.0 Å². The number of hydrogen-bond donors (Lipinski definition) is 2. The molecule has 2 aromatic heterocycles. The molecule has 0 saturated carbocycles. The highest BCUT2D eigenvalue weighted by Crippen LogP contribution is 2.42. The van der Waals surface area contributed by atoms with Crippen LogP contribution in [0.4, 0.5) is 0 Å². The first kappa shape index (κ1) is 43.8. The zero-order chi connectivity index (χ0) is 42.9. The molecule has 0 bridgehead atoms. The van der Waals surface area contributed by atoms with Gasteiger partial charge in [0.25, 0.3) is 5.91 Å². The molecular formula is C44H57N3O11S2. The third-order valence-corrected chi connectivity index (χ3v) is 16.8. The highest BCUT2D eigenvalue weighted by atomic mass is 32.2. The minimum Gasteiger partial charge on any atom is -0.480 e. The third-order valence-electron chi connectivity index (χ3n) is 13.3. The number of aromatic nitrogens is 2. The van der Waals surface area contributed by atoms with E-state index in [1.54, 1.807) is 51.1 Å². The Labute approximate surface area is 351 Å². The molecule has 2 aromatic carbocycles. The summed E-state index contributed by atoms with van der Waals surface area (Å²) in [6.45, 7) is 8.07. The van der Waals surface area contributed by atoms with Gasteiger partial charge in [0, 0.05) is 60.7 Å². The number of amides is 1. The smallest absolute Gasteiger partial charge is 0.335 e. The molecule has 60 heavy (non-hydrogen) atoms. The number of likely N-dealkylation sites (N-methyl/N-ethyl adjacent to an activating group) is 1. The summed E-state index contributed by atoms with van der Waals surface area (Å²) in [5.41, 5.74) is 5.51. The fourth-order valence-corrected chi connectivity index (χ4v) is 12.6. The summed E-state index contributed by atoms with van der Waals surface area (Å²) >= 11 is 0. The first-order chi connectivity index (χ1) is 28.7. The average molecular weight is 868 g/mol. The summed E-state index contributed by atoms with van der Waals surface area (Å²) in [5, 5.41) is 20.1. The molecule has 8 rings (SSSR count). The van der Waals surface area contributed by atoms with Crippen molar-refractivity contribution in [2.75, 3.05) is 51.0 Å². The van der Waals surface area contributed by atoms with Gasteiger partial charge in [0.05, 0.1) is 28.1 Å². The Bertz CT molecular complexity index is 2490. The maximum absolute atomic E-state index is 13.0. The van der Waals surface area contributed by atoms with Gasteiger partial charge in [0.2, 0.25) is 20.0 Å². The van der Waals surface area contributed by atoms with Gasteiger partial charge in [-0.2, -0.15) is 0 Å². The van der Waals surface area contributed by atoms with Gasteiger partial charge in [-0.1, -0.05) is 0 Å². The SMILES string of the molecule is CCN(CC(=O)O)C(=O)c1ccc2c(c1)c1c(n2S(=O)(=O)CC)CCC(C2CCOCC2)C1.CCS(=O)(=O)n1c2c(c3cc(C(=O)O)ccc31)CC(C1CCOCC1)CC2. The Morgan fingerprint density at radius 2 is 1.08 bits per heavy atom. The van der Waals surface area contributed by atoms with Crippen LogP contribution in [0.1, 0.15) is 103 Å². The first-order valence-electron chi connectivity index (χ1n) is 21.4. The zero-order valence-corrected chi connectivity index (χ0v) is 36.4. The molecule has 4 aromatic rings. The summed E-state index contributed by atoms with van der Waals surface area (Å²) < 4.78 is 65.6. The normalized spacial score (nSPS) is 20.2. The number of aromatic carboxylic acids is 1. The highest BCUT2D eigenvalue weighted by Gasteiger charge is 2.35. The number of carbonyl (C=O) groups excluding carboxylic acids is 1. The molecule has 4 aliphatic rings. The Hall–Kier alpha value is -4.25. The van der Waals surface area contributed by atoms with E-state index in [4.69, 9.17) is 14.6 Å². The lowest BCUT2D eigenvalue weighted by atomic mass is 9.75. The van der Waals surface area contributed by atoms with E-state index in [0.29, 0.717) is 53.1 Å². The van der Waals surface area contributed by atoms with Crippen LogP contribution in [-0.2, 0) is 60.0 Å². The molecule has 2 aliphatic heterocycles. The van der Waals surface area contributed by atoms with Crippen LogP contribution in [-0.4, -0.2) is 109 Å². The van der Waals surface area contributed by atoms with Crippen LogP contribution in [0.3, 0.4) is 0 Å². The van der Waals surface area contributed by atoms with Crippen molar-refractivity contribution in [3.05, 3.63) is 70.0 Å². The average Bonchev–Trinajstić information content (AvgIpc) is 3.78. The Morgan fingerprint density at radius 1 is 0.650 bits per heavy atom. The van der Waals surface area contributed by atoms with Crippen LogP contribution in [0.5, 0.6) is 0 Å². The molecule has 2 aliphatic carbocycles. The fraction of sp³-hybridized carbons (Fsp3) is 0.568. The van der Waals surface area contributed by atoms with Crippen molar-refractivity contribution in [3.63, 3.8) is 0 Å². The molecule has 2 atom stereocenters. The van der Waals surface area contributed by atoms with E-state index in [-0.39, 0.29) is 36.1 Å². The maximum atomic E-state index is 13.0. The summed E-state index contributed by atoms with van der Waals surface area (Å²) in [7, 11) is -6.96. The summed E-state index contributed by atoms with van der Waals surface area (Å²) in [6, 6.07) is 9.85. The number of carboxylic acids is 2. The van der Waals surface area contributed by atoms with Crippen molar-refractivity contribution in [2.45, 2.75) is 85.0 Å². The van der Waals surface area contributed by atoms with Crippen LogP contribution in [0, 0.1) is 23.7 Å². The lowest BCUT2D eigenvalue weighted by molar-refractivity contribution is -0.137. The van der Waals surface area contributed by atoms with Crippen LogP contribution < -0.4 is 0 Å². The molecule has 2 unspecified atom stereocenters. The summed E-state index contributed by atoms with van der Waals surface area (Å²) in [6.07, 6.45) is 9.06. The largest absolute Gasteiger partial charge is 0.480 e. The Kier molecular flexibility index (Phi) is 13.1. The second kappa shape index (κ2) is 18.0. The number of ether oxygens (including phenoxy) is 2. The molecule has 0 radical (unpaired) electrons. The number of fused-ring (bicyclic) bond motifs is 6. The second-order valence-corrected chi connectivity index (χ2v) is 20.8. The monoisotopic (exact) mass is 867 g/mol. The molecule has 2 saturated heterocycles. The molecule has 16 heteroatoms. The standard InChI is InChI=1S/C24H32N2O6S.C20H25NO5S/c1-3-25(15-23(27)28)24(29)18-6-8-22-20(14-18)19-13-17(16-9-11-32-12-10-16)5-7-21(19)26(22)33(30,31)4-2;1-2-27(24,25)21-18-5-3-14(13-7-9-26-10-8-13)11-16(18)17-12-15(20(22)23)4-6-19(17)21/h6,8,14,16-17H,3-5,7,9-13,15H2,1-2H3,(H,27,28);4,6,12-14H,2-3,5,7-11H2,1H3,(H,22,23).